The molecule has 0 saturated heterocycles. The highest BCUT2D eigenvalue weighted by atomic mass is 16.3. The van der Waals surface area contributed by atoms with Gasteiger partial charge in [0.2, 0.25) is 0 Å². The topological polar surface area (TPSA) is 122 Å². The molecule has 1 aromatic heterocycles. The van der Waals surface area contributed by atoms with Crippen LogP contribution in [0.1, 0.15) is 31.9 Å². The van der Waals surface area contributed by atoms with E-state index in [0.717, 1.165) is 0 Å². The fourth-order valence-corrected chi connectivity index (χ4v) is 1.78. The van der Waals surface area contributed by atoms with Crippen LogP contribution < -0.4 is 11.4 Å². The molecule has 0 aliphatic carbocycles. The van der Waals surface area contributed by atoms with Crippen molar-refractivity contribution >= 4 is 5.82 Å². The zero-order chi connectivity index (χ0) is 14.6. The Labute approximate surface area is 111 Å². The van der Waals surface area contributed by atoms with Crippen LogP contribution in [0.2, 0.25) is 0 Å². The summed E-state index contributed by atoms with van der Waals surface area (Å²) in [4.78, 5) is 15.4. The van der Waals surface area contributed by atoms with Crippen LogP contribution in [0.25, 0.3) is 0 Å². The first kappa shape index (κ1) is 15.6. The summed E-state index contributed by atoms with van der Waals surface area (Å²) >= 11 is 0. The van der Waals surface area contributed by atoms with Crippen molar-refractivity contribution in [2.75, 3.05) is 12.3 Å². The van der Waals surface area contributed by atoms with Gasteiger partial charge in [0.25, 0.3) is 0 Å². The molecule has 0 spiro atoms. The summed E-state index contributed by atoms with van der Waals surface area (Å²) in [6.45, 7) is 3.06. The molecule has 0 aliphatic heterocycles. The molecule has 0 bridgehead atoms. The molecule has 7 heteroatoms. The largest absolute Gasteiger partial charge is 0.396 e. The molecule has 7 nitrogen and oxygen atoms in total. The predicted molar refractivity (Wildman–Crippen MR) is 70.4 cm³/mol. The summed E-state index contributed by atoms with van der Waals surface area (Å²) in [5.41, 5.74) is 5.35. The van der Waals surface area contributed by atoms with E-state index in [0.29, 0.717) is 12.0 Å². The van der Waals surface area contributed by atoms with Crippen molar-refractivity contribution in [3.8, 4) is 0 Å². The number of anilines is 1. The molecule has 0 aliphatic rings. The molecular formula is C12H21N3O4. The van der Waals surface area contributed by atoms with Crippen LogP contribution in [0.5, 0.6) is 0 Å². The highest BCUT2D eigenvalue weighted by Gasteiger charge is 2.19. The van der Waals surface area contributed by atoms with Gasteiger partial charge in [-0.05, 0) is 13.3 Å². The number of aliphatic hydroxyl groups is 3. The van der Waals surface area contributed by atoms with E-state index < -0.39 is 11.8 Å². The Kier molecular flexibility index (Phi) is 5.46. The lowest BCUT2D eigenvalue weighted by molar-refractivity contribution is 0.0600. The van der Waals surface area contributed by atoms with Crippen molar-refractivity contribution in [1.82, 2.24) is 9.55 Å². The molecule has 0 amide bonds. The molecule has 1 heterocycles. The maximum Gasteiger partial charge on any atom is 0.349 e. The Balaban J connectivity index is 2.93. The normalized spacial score (nSPS) is 16.1. The van der Waals surface area contributed by atoms with Gasteiger partial charge in [0.1, 0.15) is 5.82 Å². The second kappa shape index (κ2) is 6.65. The first-order valence-electron chi connectivity index (χ1n) is 6.18. The van der Waals surface area contributed by atoms with Crippen LogP contribution in [-0.2, 0) is 6.61 Å². The zero-order valence-electron chi connectivity index (χ0n) is 11.2. The number of hydrogen-bond acceptors (Lipinski definition) is 6. The fraction of sp³-hybridized carbons (Fsp3) is 0.667. The lowest BCUT2D eigenvalue weighted by Gasteiger charge is -2.22. The second-order valence-corrected chi connectivity index (χ2v) is 4.81. The number of nitrogens with zero attached hydrogens (tertiary/aromatic N) is 2. The standard InChI is InChI=1S/C12H21N3O4/c1-7(5-16)10(18)3-8(2)15-4-9(6-17)11(13)14-12(15)19/h4,7-8,10,16-18H,3,5-6H2,1-2H3,(H2,13,14,19)/t7-,8-,10-/m1/s1. The van der Waals surface area contributed by atoms with Gasteiger partial charge in [0.05, 0.1) is 12.7 Å². The number of aromatic nitrogens is 2. The first-order chi connectivity index (χ1) is 8.90. The van der Waals surface area contributed by atoms with Crippen molar-refractivity contribution in [3.05, 3.63) is 22.2 Å². The Morgan fingerprint density at radius 2 is 2.05 bits per heavy atom. The van der Waals surface area contributed by atoms with Crippen LogP contribution in [0, 0.1) is 5.92 Å². The molecule has 1 aromatic rings. The van der Waals surface area contributed by atoms with Gasteiger partial charge < -0.3 is 21.1 Å². The molecule has 19 heavy (non-hydrogen) atoms. The maximum atomic E-state index is 11.7. The number of nitrogens with two attached hydrogens (primary N) is 1. The van der Waals surface area contributed by atoms with Crippen LogP contribution >= 0.6 is 0 Å². The third kappa shape index (κ3) is 3.76. The minimum atomic E-state index is -0.720. The molecular weight excluding hydrogens is 250 g/mol. The summed E-state index contributed by atoms with van der Waals surface area (Å²) in [5, 5.41) is 27.9. The molecule has 5 N–H and O–H groups in total. The van der Waals surface area contributed by atoms with Gasteiger partial charge in [-0.3, -0.25) is 4.57 Å². The lowest BCUT2D eigenvalue weighted by atomic mass is 9.99. The molecule has 108 valence electrons. The molecule has 0 aromatic carbocycles. The van der Waals surface area contributed by atoms with Gasteiger partial charge >= 0.3 is 5.69 Å². The minimum Gasteiger partial charge on any atom is -0.396 e. The van der Waals surface area contributed by atoms with Crippen molar-refractivity contribution in [2.45, 2.75) is 39.0 Å². The summed E-state index contributed by atoms with van der Waals surface area (Å²) in [6, 6.07) is -0.310. The van der Waals surface area contributed by atoms with Gasteiger partial charge in [0, 0.05) is 30.3 Å². The van der Waals surface area contributed by atoms with Crippen molar-refractivity contribution < 1.29 is 15.3 Å². The summed E-state index contributed by atoms with van der Waals surface area (Å²) in [7, 11) is 0. The van der Waals surface area contributed by atoms with Crippen LogP contribution in [0.3, 0.4) is 0 Å². The maximum absolute atomic E-state index is 11.7. The highest BCUT2D eigenvalue weighted by molar-refractivity contribution is 5.36. The SMILES string of the molecule is C[C@H](CO)[C@H](O)C[C@@H](C)n1cc(CO)c(N)nc1=O. The monoisotopic (exact) mass is 271 g/mol. The summed E-state index contributed by atoms with van der Waals surface area (Å²) in [6.07, 6.45) is 1.03. The fourth-order valence-electron chi connectivity index (χ4n) is 1.78. The molecule has 0 radical (unpaired) electrons. The van der Waals surface area contributed by atoms with E-state index in [1.54, 1.807) is 13.8 Å². The van der Waals surface area contributed by atoms with Crippen LogP contribution in [0.4, 0.5) is 5.82 Å². The zero-order valence-corrected chi connectivity index (χ0v) is 11.2. The average Bonchev–Trinajstić information content (AvgIpc) is 2.37. The van der Waals surface area contributed by atoms with E-state index in [9.17, 15) is 9.90 Å². The van der Waals surface area contributed by atoms with Crippen LogP contribution in [-0.4, -0.2) is 37.6 Å². The van der Waals surface area contributed by atoms with Crippen molar-refractivity contribution in [2.24, 2.45) is 5.92 Å². The van der Waals surface area contributed by atoms with Gasteiger partial charge in [0.15, 0.2) is 0 Å². The summed E-state index contributed by atoms with van der Waals surface area (Å²) in [5.74, 6) is -0.252. The van der Waals surface area contributed by atoms with E-state index in [2.05, 4.69) is 4.98 Å². The van der Waals surface area contributed by atoms with Crippen molar-refractivity contribution in [3.63, 3.8) is 0 Å². The number of nitrogen functional groups attached to an aromatic ring is 1. The number of rotatable bonds is 6. The summed E-state index contributed by atoms with van der Waals surface area (Å²) < 4.78 is 1.33. The third-order valence-corrected chi connectivity index (χ3v) is 3.23. The van der Waals surface area contributed by atoms with Gasteiger partial charge in [-0.2, -0.15) is 4.98 Å². The van der Waals surface area contributed by atoms with Crippen LogP contribution in [0.15, 0.2) is 11.0 Å². The van der Waals surface area contributed by atoms with Gasteiger partial charge in [-0.1, -0.05) is 6.92 Å². The van der Waals surface area contributed by atoms with Gasteiger partial charge in [-0.15, -0.1) is 0 Å². The Morgan fingerprint density at radius 3 is 2.58 bits per heavy atom. The molecule has 1 rings (SSSR count). The second-order valence-electron chi connectivity index (χ2n) is 4.81. The van der Waals surface area contributed by atoms with Crippen molar-refractivity contribution in [1.29, 1.82) is 0 Å². The quantitative estimate of drug-likeness (QED) is 0.540. The van der Waals surface area contributed by atoms with E-state index in [-0.39, 0.29) is 31.0 Å². The first-order valence-corrected chi connectivity index (χ1v) is 6.18. The predicted octanol–water partition coefficient (Wildman–Crippen LogP) is -0.742. The van der Waals surface area contributed by atoms with E-state index in [4.69, 9.17) is 15.9 Å². The Bertz CT molecular complexity index is 475. The van der Waals surface area contributed by atoms with E-state index in [1.807, 2.05) is 0 Å². The number of aliphatic hydroxyl groups excluding tert-OH is 3. The number of hydrogen-bond donors (Lipinski definition) is 4. The van der Waals surface area contributed by atoms with Gasteiger partial charge in [-0.25, -0.2) is 4.79 Å². The Morgan fingerprint density at radius 1 is 1.42 bits per heavy atom. The van der Waals surface area contributed by atoms with E-state index >= 15 is 0 Å². The highest BCUT2D eigenvalue weighted by Crippen LogP contribution is 2.17. The van der Waals surface area contributed by atoms with E-state index in [1.165, 1.54) is 10.8 Å². The molecule has 0 unspecified atom stereocenters. The minimum absolute atomic E-state index is 0.0141. The molecule has 3 atom stereocenters. The Hall–Kier alpha value is -1.44. The average molecular weight is 271 g/mol. The molecule has 0 fully saturated rings. The third-order valence-electron chi connectivity index (χ3n) is 3.23. The lowest BCUT2D eigenvalue weighted by Crippen LogP contribution is -2.31. The molecule has 0 saturated carbocycles. The smallest absolute Gasteiger partial charge is 0.349 e.